The lowest BCUT2D eigenvalue weighted by Gasteiger charge is -2.11. The molecule has 0 aromatic rings. The zero-order valence-electron chi connectivity index (χ0n) is 5.18. The third-order valence-electron chi connectivity index (χ3n) is 1.24. The Kier molecular flexibility index (Phi) is 1.66. The highest BCUT2D eigenvalue weighted by molar-refractivity contribution is 5.70. The van der Waals surface area contributed by atoms with E-state index in [0.29, 0.717) is 6.08 Å². The molecule has 1 rings (SSSR count). The van der Waals surface area contributed by atoms with E-state index in [1.54, 1.807) is 0 Å². The van der Waals surface area contributed by atoms with Crippen molar-refractivity contribution in [1.82, 2.24) is 0 Å². The van der Waals surface area contributed by atoms with Crippen molar-refractivity contribution >= 4 is 6.29 Å². The number of hydrogen-bond acceptors (Lipinski definition) is 1. The summed E-state index contributed by atoms with van der Waals surface area (Å²) < 4.78 is 25.1. The molecule has 0 aliphatic heterocycles. The summed E-state index contributed by atoms with van der Waals surface area (Å²) in [7, 11) is 0. The number of aldehydes is 1. The lowest BCUT2D eigenvalue weighted by molar-refractivity contribution is -0.113. The maximum absolute atomic E-state index is 12.8. The van der Waals surface area contributed by atoms with Crippen LogP contribution in [-0.4, -0.2) is 12.0 Å². The summed E-state index contributed by atoms with van der Waals surface area (Å²) in [6, 6.07) is 0. The molecule has 3 heteroatoms. The van der Waals surface area contributed by atoms with Gasteiger partial charge in [-0.3, -0.25) is 4.79 Å². The van der Waals surface area contributed by atoms with Gasteiger partial charge in [0.1, 0.15) is 5.83 Å². The average molecular weight is 144 g/mol. The zero-order valence-corrected chi connectivity index (χ0v) is 5.18. The molecule has 1 unspecified atom stereocenters. The highest BCUT2D eigenvalue weighted by Crippen LogP contribution is 2.22. The fourth-order valence-corrected chi connectivity index (χ4v) is 0.773. The van der Waals surface area contributed by atoms with E-state index < -0.39 is 11.5 Å². The highest BCUT2D eigenvalue weighted by Gasteiger charge is 2.25. The van der Waals surface area contributed by atoms with E-state index in [-0.39, 0.29) is 12.7 Å². The molecule has 10 heavy (non-hydrogen) atoms. The standard InChI is InChI=1S/C7H6F2O/c8-6-2-1-3-7(9,4-6)5-10/h1,3-5H,2H2. The van der Waals surface area contributed by atoms with Crippen molar-refractivity contribution in [2.45, 2.75) is 12.1 Å². The van der Waals surface area contributed by atoms with Gasteiger partial charge in [0.15, 0.2) is 6.29 Å². The molecule has 0 radical (unpaired) electrons. The van der Waals surface area contributed by atoms with E-state index in [4.69, 9.17) is 0 Å². The molecule has 0 heterocycles. The largest absolute Gasteiger partial charge is 0.299 e. The summed E-state index contributed by atoms with van der Waals surface area (Å²) in [5.74, 6) is -0.600. The van der Waals surface area contributed by atoms with Gasteiger partial charge in [-0.25, -0.2) is 8.78 Å². The van der Waals surface area contributed by atoms with Gasteiger partial charge in [-0.1, -0.05) is 6.08 Å². The normalized spacial score (nSPS) is 31.6. The van der Waals surface area contributed by atoms with Gasteiger partial charge in [-0.15, -0.1) is 0 Å². The minimum Gasteiger partial charge on any atom is -0.299 e. The first-order chi connectivity index (χ1) is 4.66. The maximum Gasteiger partial charge on any atom is 0.204 e. The van der Waals surface area contributed by atoms with Crippen LogP contribution in [0, 0.1) is 0 Å². The van der Waals surface area contributed by atoms with Gasteiger partial charge >= 0.3 is 0 Å². The molecule has 0 aromatic carbocycles. The first-order valence-electron chi connectivity index (χ1n) is 2.86. The average Bonchev–Trinajstić information content (AvgIpc) is 1.88. The van der Waals surface area contributed by atoms with Gasteiger partial charge < -0.3 is 0 Å². The molecule has 0 amide bonds. The van der Waals surface area contributed by atoms with Crippen LogP contribution in [0.25, 0.3) is 0 Å². The monoisotopic (exact) mass is 144 g/mol. The predicted molar refractivity (Wildman–Crippen MR) is 32.9 cm³/mol. The second-order valence-corrected chi connectivity index (χ2v) is 2.14. The molecule has 0 fully saturated rings. The number of rotatable bonds is 1. The van der Waals surface area contributed by atoms with Crippen LogP contribution < -0.4 is 0 Å². The number of hydrogen-bond donors (Lipinski definition) is 0. The summed E-state index contributed by atoms with van der Waals surface area (Å²) in [5, 5.41) is 0. The summed E-state index contributed by atoms with van der Waals surface area (Å²) in [6.45, 7) is 0. The van der Waals surface area contributed by atoms with Crippen LogP contribution in [0.1, 0.15) is 6.42 Å². The molecule has 54 valence electrons. The lowest BCUT2D eigenvalue weighted by atomic mass is 10.0. The minimum atomic E-state index is -2.21. The number of halogens is 2. The molecule has 0 spiro atoms. The smallest absolute Gasteiger partial charge is 0.204 e. The molecule has 1 nitrogen and oxygen atoms in total. The lowest BCUT2D eigenvalue weighted by Crippen LogP contribution is -2.20. The topological polar surface area (TPSA) is 17.1 Å². The molecule has 1 aliphatic carbocycles. The Morgan fingerprint density at radius 3 is 2.80 bits per heavy atom. The van der Waals surface area contributed by atoms with Crippen LogP contribution in [0.4, 0.5) is 8.78 Å². The van der Waals surface area contributed by atoms with Crippen molar-refractivity contribution in [3.8, 4) is 0 Å². The summed E-state index contributed by atoms with van der Waals surface area (Å²) in [4.78, 5) is 9.99. The van der Waals surface area contributed by atoms with Gasteiger partial charge in [0.05, 0.1) is 0 Å². The second kappa shape index (κ2) is 2.33. The third-order valence-corrected chi connectivity index (χ3v) is 1.24. The summed E-state index contributed by atoms with van der Waals surface area (Å²) in [5.41, 5.74) is -2.21. The molecule has 0 aromatic heterocycles. The molecule has 1 atom stereocenters. The Morgan fingerprint density at radius 1 is 1.70 bits per heavy atom. The van der Waals surface area contributed by atoms with Gasteiger partial charge in [0.25, 0.3) is 0 Å². The first-order valence-corrected chi connectivity index (χ1v) is 2.86. The maximum atomic E-state index is 12.8. The predicted octanol–water partition coefficient (Wildman–Crippen LogP) is 1.71. The summed E-state index contributed by atoms with van der Waals surface area (Å²) in [6.07, 6.45) is 3.18. The van der Waals surface area contributed by atoms with Crippen molar-refractivity contribution in [1.29, 1.82) is 0 Å². The second-order valence-electron chi connectivity index (χ2n) is 2.14. The molecule has 0 N–H and O–H groups in total. The molecule has 0 bridgehead atoms. The van der Waals surface area contributed by atoms with Crippen LogP contribution in [0.2, 0.25) is 0 Å². The van der Waals surface area contributed by atoms with E-state index >= 15 is 0 Å². The van der Waals surface area contributed by atoms with Crippen LogP contribution in [0.3, 0.4) is 0 Å². The Morgan fingerprint density at radius 2 is 2.40 bits per heavy atom. The van der Waals surface area contributed by atoms with Gasteiger partial charge in [0, 0.05) is 6.42 Å². The van der Waals surface area contributed by atoms with Gasteiger partial charge in [0.2, 0.25) is 5.67 Å². The van der Waals surface area contributed by atoms with Crippen LogP contribution in [-0.2, 0) is 4.79 Å². The van der Waals surface area contributed by atoms with Crippen molar-refractivity contribution in [2.75, 3.05) is 0 Å². The van der Waals surface area contributed by atoms with E-state index in [1.165, 1.54) is 6.08 Å². The number of carbonyl (C=O) groups excluding carboxylic acids is 1. The molecular weight excluding hydrogens is 138 g/mol. The van der Waals surface area contributed by atoms with Crippen LogP contribution in [0.5, 0.6) is 0 Å². The number of alkyl halides is 1. The molecular formula is C7H6F2O. The fourth-order valence-electron chi connectivity index (χ4n) is 0.773. The van der Waals surface area contributed by atoms with Crippen LogP contribution in [0.15, 0.2) is 24.1 Å². The Labute approximate surface area is 57.0 Å². The van der Waals surface area contributed by atoms with Crippen LogP contribution >= 0.6 is 0 Å². The third kappa shape index (κ3) is 1.29. The van der Waals surface area contributed by atoms with Crippen molar-refractivity contribution < 1.29 is 13.6 Å². The van der Waals surface area contributed by atoms with Gasteiger partial charge in [-0.2, -0.15) is 0 Å². The van der Waals surface area contributed by atoms with E-state index in [0.717, 1.165) is 6.08 Å². The minimum absolute atomic E-state index is 0.0717. The quantitative estimate of drug-likeness (QED) is 0.404. The zero-order chi connectivity index (χ0) is 7.61. The SMILES string of the molecule is O=CC1(F)C=CCC(F)=C1. The van der Waals surface area contributed by atoms with E-state index in [1.807, 2.05) is 0 Å². The summed E-state index contributed by atoms with van der Waals surface area (Å²) >= 11 is 0. The van der Waals surface area contributed by atoms with Gasteiger partial charge in [-0.05, 0) is 12.2 Å². The molecule has 0 saturated carbocycles. The van der Waals surface area contributed by atoms with E-state index in [2.05, 4.69) is 0 Å². The Hall–Kier alpha value is -0.990. The molecule has 0 saturated heterocycles. The first kappa shape index (κ1) is 7.12. The number of carbonyl (C=O) groups is 1. The highest BCUT2D eigenvalue weighted by atomic mass is 19.1. The number of allylic oxidation sites excluding steroid dienone is 4. The van der Waals surface area contributed by atoms with E-state index in [9.17, 15) is 13.6 Å². The van der Waals surface area contributed by atoms with Crippen molar-refractivity contribution in [3.05, 3.63) is 24.1 Å². The Bertz CT molecular complexity index is 208. The Balaban J connectivity index is 2.87. The van der Waals surface area contributed by atoms with Crippen molar-refractivity contribution in [3.63, 3.8) is 0 Å². The van der Waals surface area contributed by atoms with Crippen molar-refractivity contribution in [2.24, 2.45) is 0 Å². The molecule has 1 aliphatic rings. The fraction of sp³-hybridized carbons (Fsp3) is 0.286.